The van der Waals surface area contributed by atoms with Gasteiger partial charge in [0.25, 0.3) is 0 Å². The van der Waals surface area contributed by atoms with E-state index < -0.39 is 0 Å². The summed E-state index contributed by atoms with van der Waals surface area (Å²) in [7, 11) is 0. The number of aromatic nitrogens is 3. The summed E-state index contributed by atoms with van der Waals surface area (Å²) in [6.07, 6.45) is 0.341. The summed E-state index contributed by atoms with van der Waals surface area (Å²) in [6.45, 7) is 0.886. The van der Waals surface area contributed by atoms with Crippen LogP contribution in [0.5, 0.6) is 17.2 Å². The van der Waals surface area contributed by atoms with Crippen molar-refractivity contribution in [2.75, 3.05) is 12.5 Å². The number of rotatable bonds is 10. The van der Waals surface area contributed by atoms with E-state index in [1.165, 1.54) is 11.8 Å². The molecule has 1 aromatic heterocycles. The van der Waals surface area contributed by atoms with Gasteiger partial charge in [-0.3, -0.25) is 9.36 Å². The van der Waals surface area contributed by atoms with Crippen LogP contribution in [0, 0.1) is 0 Å². The first-order chi connectivity index (χ1) is 17.7. The number of fused-ring (bicyclic) bond motifs is 1. The predicted molar refractivity (Wildman–Crippen MR) is 137 cm³/mol. The Hall–Kier alpha value is -3.69. The summed E-state index contributed by atoms with van der Waals surface area (Å²) in [6, 6.07) is 22.6. The van der Waals surface area contributed by atoms with Crippen molar-refractivity contribution in [3.8, 4) is 22.9 Å². The predicted octanol–water partition coefficient (Wildman–Crippen LogP) is 5.03. The van der Waals surface area contributed by atoms with Gasteiger partial charge in [-0.25, -0.2) is 0 Å². The second-order valence-electron chi connectivity index (χ2n) is 7.88. The topological polar surface area (TPSA) is 87.5 Å². The molecule has 3 aromatic carbocycles. The molecular weight excluding hydrogens is 500 g/mol. The highest BCUT2D eigenvalue weighted by molar-refractivity contribution is 7.99. The molecule has 2 heterocycles. The van der Waals surface area contributed by atoms with E-state index in [1.807, 2.05) is 65.2 Å². The Kier molecular flexibility index (Phi) is 7.58. The van der Waals surface area contributed by atoms with Crippen molar-refractivity contribution in [1.82, 2.24) is 20.1 Å². The average Bonchev–Trinajstić information content (AvgIpc) is 3.54. The molecule has 1 N–H and O–H groups in total. The van der Waals surface area contributed by atoms with Crippen LogP contribution in [-0.2, 0) is 17.9 Å². The summed E-state index contributed by atoms with van der Waals surface area (Å²) in [4.78, 5) is 12.4. The second-order valence-corrected chi connectivity index (χ2v) is 9.37. The number of carbonyl (C=O) groups is 1. The van der Waals surface area contributed by atoms with E-state index in [9.17, 15) is 4.79 Å². The minimum atomic E-state index is -0.0442. The number of para-hydroxylation sites is 1. The summed E-state index contributed by atoms with van der Waals surface area (Å²) < 4.78 is 18.6. The molecule has 0 unspecified atom stereocenters. The molecule has 1 aliphatic rings. The molecule has 1 amide bonds. The molecule has 0 saturated heterocycles. The standard InChI is InChI=1S/C26H23ClN4O4S/c27-19-7-9-21(10-8-19)33-16-24-29-30-26(31(24)20-4-2-1-3-5-20)36-13-12-25(32)28-15-18-6-11-22-23(14-18)35-17-34-22/h1-11,14H,12-13,15-17H2,(H,28,32). The highest BCUT2D eigenvalue weighted by Gasteiger charge is 2.16. The summed E-state index contributed by atoms with van der Waals surface area (Å²) in [5.41, 5.74) is 1.88. The Labute approximate surface area is 217 Å². The Morgan fingerprint density at radius 1 is 1.03 bits per heavy atom. The third-order valence-electron chi connectivity index (χ3n) is 5.38. The number of halogens is 1. The number of hydrogen-bond donors (Lipinski definition) is 1. The molecular formula is C26H23ClN4O4S. The molecule has 10 heteroatoms. The van der Waals surface area contributed by atoms with E-state index in [4.69, 9.17) is 25.8 Å². The fourth-order valence-corrected chi connectivity index (χ4v) is 4.61. The number of carbonyl (C=O) groups excluding carboxylic acids is 1. The van der Waals surface area contributed by atoms with E-state index in [0.717, 1.165) is 17.0 Å². The maximum Gasteiger partial charge on any atom is 0.231 e. The molecule has 4 aromatic rings. The third kappa shape index (κ3) is 5.92. The minimum Gasteiger partial charge on any atom is -0.486 e. The van der Waals surface area contributed by atoms with Crippen molar-refractivity contribution < 1.29 is 19.0 Å². The molecule has 1 aliphatic heterocycles. The first kappa shape index (κ1) is 24.0. The largest absolute Gasteiger partial charge is 0.486 e. The Balaban J connectivity index is 1.18. The van der Waals surface area contributed by atoms with Crippen molar-refractivity contribution in [2.45, 2.75) is 24.7 Å². The number of ether oxygens (including phenoxy) is 3. The minimum absolute atomic E-state index is 0.0442. The fraction of sp³-hybridized carbons (Fsp3) is 0.192. The SMILES string of the molecule is O=C(CCSc1nnc(COc2ccc(Cl)cc2)n1-c1ccccc1)NCc1ccc2c(c1)OCO2. The smallest absolute Gasteiger partial charge is 0.231 e. The van der Waals surface area contributed by atoms with Gasteiger partial charge in [0.1, 0.15) is 12.4 Å². The number of hydrogen-bond acceptors (Lipinski definition) is 7. The number of thioether (sulfide) groups is 1. The maximum atomic E-state index is 12.4. The fourth-order valence-electron chi connectivity index (χ4n) is 3.58. The van der Waals surface area contributed by atoms with E-state index in [2.05, 4.69) is 15.5 Å². The highest BCUT2D eigenvalue weighted by Crippen LogP contribution is 2.32. The lowest BCUT2D eigenvalue weighted by molar-refractivity contribution is -0.120. The molecule has 0 fully saturated rings. The van der Waals surface area contributed by atoms with Crippen LogP contribution in [0.1, 0.15) is 17.8 Å². The van der Waals surface area contributed by atoms with E-state index >= 15 is 0 Å². The maximum absolute atomic E-state index is 12.4. The van der Waals surface area contributed by atoms with Crippen LogP contribution >= 0.6 is 23.4 Å². The average molecular weight is 523 g/mol. The molecule has 0 radical (unpaired) electrons. The molecule has 0 spiro atoms. The highest BCUT2D eigenvalue weighted by atomic mass is 35.5. The molecule has 0 saturated carbocycles. The lowest BCUT2D eigenvalue weighted by Gasteiger charge is -2.11. The van der Waals surface area contributed by atoms with Crippen molar-refractivity contribution >= 4 is 29.3 Å². The van der Waals surface area contributed by atoms with E-state index in [1.54, 1.807) is 12.1 Å². The van der Waals surface area contributed by atoms with E-state index in [-0.39, 0.29) is 19.3 Å². The van der Waals surface area contributed by atoms with Crippen molar-refractivity contribution in [3.05, 3.63) is 89.2 Å². The molecule has 0 aliphatic carbocycles. The van der Waals surface area contributed by atoms with Crippen LogP contribution in [0.2, 0.25) is 5.02 Å². The van der Waals surface area contributed by atoms with E-state index in [0.29, 0.717) is 46.2 Å². The van der Waals surface area contributed by atoms with Gasteiger partial charge in [-0.2, -0.15) is 0 Å². The second kappa shape index (κ2) is 11.4. The summed E-state index contributed by atoms with van der Waals surface area (Å²) in [5.74, 6) is 3.28. The van der Waals surface area contributed by atoms with Crippen LogP contribution in [0.4, 0.5) is 0 Å². The van der Waals surface area contributed by atoms with Crippen LogP contribution in [0.3, 0.4) is 0 Å². The van der Waals surface area contributed by atoms with Gasteiger partial charge in [-0.1, -0.05) is 47.6 Å². The van der Waals surface area contributed by atoms with Gasteiger partial charge in [0.05, 0.1) is 0 Å². The summed E-state index contributed by atoms with van der Waals surface area (Å²) >= 11 is 7.43. The van der Waals surface area contributed by atoms with Gasteiger partial charge < -0.3 is 19.5 Å². The lowest BCUT2D eigenvalue weighted by Crippen LogP contribution is -2.23. The third-order valence-corrected chi connectivity index (χ3v) is 6.57. The zero-order valence-electron chi connectivity index (χ0n) is 19.2. The van der Waals surface area contributed by atoms with Crippen molar-refractivity contribution in [1.29, 1.82) is 0 Å². The monoisotopic (exact) mass is 522 g/mol. The van der Waals surface area contributed by atoms with Gasteiger partial charge in [-0.05, 0) is 54.1 Å². The van der Waals surface area contributed by atoms with Crippen LogP contribution < -0.4 is 19.5 Å². The van der Waals surface area contributed by atoms with Gasteiger partial charge in [0.15, 0.2) is 22.5 Å². The number of amides is 1. The molecule has 0 bridgehead atoms. The summed E-state index contributed by atoms with van der Waals surface area (Å²) in [5, 5.41) is 13.0. The van der Waals surface area contributed by atoms with Crippen molar-refractivity contribution in [2.24, 2.45) is 0 Å². The van der Waals surface area contributed by atoms with Gasteiger partial charge in [0.2, 0.25) is 12.7 Å². The zero-order valence-corrected chi connectivity index (χ0v) is 20.8. The first-order valence-corrected chi connectivity index (χ1v) is 12.7. The number of nitrogens with one attached hydrogen (secondary N) is 1. The van der Waals surface area contributed by atoms with Crippen LogP contribution in [-0.4, -0.2) is 33.2 Å². The molecule has 184 valence electrons. The van der Waals surface area contributed by atoms with Gasteiger partial charge >= 0.3 is 0 Å². The normalized spacial score (nSPS) is 11.9. The molecule has 0 atom stereocenters. The van der Waals surface area contributed by atoms with Gasteiger partial charge in [-0.15, -0.1) is 10.2 Å². The zero-order chi connectivity index (χ0) is 24.7. The Morgan fingerprint density at radius 2 is 1.83 bits per heavy atom. The quantitative estimate of drug-likeness (QED) is 0.292. The first-order valence-electron chi connectivity index (χ1n) is 11.3. The molecule has 5 rings (SSSR count). The van der Waals surface area contributed by atoms with Gasteiger partial charge in [0, 0.05) is 29.4 Å². The number of nitrogens with zero attached hydrogens (tertiary/aromatic N) is 3. The molecule has 36 heavy (non-hydrogen) atoms. The van der Waals surface area contributed by atoms with Crippen LogP contribution in [0.15, 0.2) is 78.0 Å². The lowest BCUT2D eigenvalue weighted by atomic mass is 10.2. The number of benzene rings is 3. The Bertz CT molecular complexity index is 1330. The Morgan fingerprint density at radius 3 is 2.67 bits per heavy atom. The molecule has 8 nitrogen and oxygen atoms in total. The van der Waals surface area contributed by atoms with Crippen molar-refractivity contribution in [3.63, 3.8) is 0 Å². The van der Waals surface area contributed by atoms with Crippen LogP contribution in [0.25, 0.3) is 5.69 Å².